The molecule has 1 saturated heterocycles. The zero-order valence-corrected chi connectivity index (χ0v) is 13.2. The highest BCUT2D eigenvalue weighted by Gasteiger charge is 2.55. The Balaban J connectivity index is 1.87. The Labute approximate surface area is 123 Å². The summed E-state index contributed by atoms with van der Waals surface area (Å²) < 4.78 is 0. The first-order chi connectivity index (χ1) is 9.72. The average molecular weight is 278 g/mol. The summed E-state index contributed by atoms with van der Waals surface area (Å²) in [7, 11) is 0. The highest BCUT2D eigenvalue weighted by atomic mass is 16.2. The lowest BCUT2D eigenvalue weighted by molar-refractivity contribution is -0.136. The van der Waals surface area contributed by atoms with Crippen molar-refractivity contribution in [3.63, 3.8) is 0 Å². The molecule has 3 nitrogen and oxygen atoms in total. The largest absolute Gasteiger partial charge is 0.322 e. The Morgan fingerprint density at radius 2 is 1.75 bits per heavy atom. The second-order valence-electron chi connectivity index (χ2n) is 7.11. The topological polar surface area (TPSA) is 32.3 Å². The highest BCUT2D eigenvalue weighted by Crippen LogP contribution is 2.42. The van der Waals surface area contributed by atoms with Gasteiger partial charge in [0.1, 0.15) is 0 Å². The maximum atomic E-state index is 13.1. The van der Waals surface area contributed by atoms with Gasteiger partial charge in [0, 0.05) is 6.04 Å². The molecule has 1 amide bonds. The molecule has 0 aromatic rings. The van der Waals surface area contributed by atoms with Gasteiger partial charge in [-0.15, -0.1) is 0 Å². The molecule has 3 heteroatoms. The van der Waals surface area contributed by atoms with Crippen molar-refractivity contribution in [1.29, 1.82) is 0 Å². The third kappa shape index (κ3) is 2.18. The van der Waals surface area contributed by atoms with Crippen molar-refractivity contribution in [3.8, 4) is 0 Å². The van der Waals surface area contributed by atoms with Crippen molar-refractivity contribution >= 4 is 5.91 Å². The van der Waals surface area contributed by atoms with E-state index in [0.29, 0.717) is 24.0 Å². The number of nitrogens with one attached hydrogen (secondary N) is 1. The van der Waals surface area contributed by atoms with Crippen molar-refractivity contribution < 1.29 is 4.79 Å². The lowest BCUT2D eigenvalue weighted by Crippen LogP contribution is -2.47. The van der Waals surface area contributed by atoms with Crippen LogP contribution >= 0.6 is 0 Å². The number of hydrogen-bond acceptors (Lipinski definition) is 2. The molecular weight excluding hydrogens is 248 g/mol. The highest BCUT2D eigenvalue weighted by molar-refractivity contribution is 5.89. The van der Waals surface area contributed by atoms with E-state index >= 15 is 0 Å². The van der Waals surface area contributed by atoms with Crippen LogP contribution in [0.4, 0.5) is 0 Å². The molecule has 0 bridgehead atoms. The number of carbonyl (C=O) groups is 1. The smallest absolute Gasteiger partial charge is 0.244 e. The summed E-state index contributed by atoms with van der Waals surface area (Å²) in [5.74, 6) is 1.13. The Bertz CT molecular complexity index is 352. The van der Waals surface area contributed by atoms with Crippen LogP contribution in [0.25, 0.3) is 0 Å². The maximum absolute atomic E-state index is 13.1. The molecule has 1 aliphatic heterocycles. The van der Waals surface area contributed by atoms with Crippen LogP contribution in [0.15, 0.2) is 0 Å². The molecule has 1 heterocycles. The first-order valence-corrected chi connectivity index (χ1v) is 8.82. The number of nitrogens with zero attached hydrogens (tertiary/aromatic N) is 1. The zero-order valence-electron chi connectivity index (χ0n) is 13.2. The summed E-state index contributed by atoms with van der Waals surface area (Å²) in [6.45, 7) is 4.46. The van der Waals surface area contributed by atoms with Gasteiger partial charge in [-0.2, -0.15) is 0 Å². The molecule has 114 valence electrons. The molecular formula is C17H30N2O. The zero-order chi connectivity index (χ0) is 14.2. The molecule has 20 heavy (non-hydrogen) atoms. The van der Waals surface area contributed by atoms with Crippen molar-refractivity contribution in [1.82, 2.24) is 10.2 Å². The Morgan fingerprint density at radius 3 is 2.30 bits per heavy atom. The van der Waals surface area contributed by atoms with Crippen molar-refractivity contribution in [2.45, 2.75) is 95.8 Å². The van der Waals surface area contributed by atoms with Crippen LogP contribution in [0, 0.1) is 5.92 Å². The van der Waals surface area contributed by atoms with E-state index in [1.54, 1.807) is 0 Å². The Kier molecular flexibility index (Phi) is 4.07. The Morgan fingerprint density at radius 1 is 1.15 bits per heavy atom. The molecule has 2 saturated carbocycles. The van der Waals surface area contributed by atoms with E-state index in [2.05, 4.69) is 24.1 Å². The molecule has 3 aliphatic rings. The summed E-state index contributed by atoms with van der Waals surface area (Å²) in [6, 6.07) is 0.431. The summed E-state index contributed by atoms with van der Waals surface area (Å²) in [5.41, 5.74) is -0.185. The molecule has 0 aromatic carbocycles. The van der Waals surface area contributed by atoms with E-state index in [9.17, 15) is 4.79 Å². The van der Waals surface area contributed by atoms with Gasteiger partial charge in [-0.3, -0.25) is 10.1 Å². The van der Waals surface area contributed by atoms with E-state index in [1.807, 2.05) is 0 Å². The van der Waals surface area contributed by atoms with Gasteiger partial charge in [0.15, 0.2) is 0 Å². The van der Waals surface area contributed by atoms with E-state index < -0.39 is 0 Å². The second-order valence-corrected chi connectivity index (χ2v) is 7.11. The fourth-order valence-electron chi connectivity index (χ4n) is 4.82. The average Bonchev–Trinajstić information content (AvgIpc) is 3.17. The van der Waals surface area contributed by atoms with E-state index in [-0.39, 0.29) is 5.54 Å². The summed E-state index contributed by atoms with van der Waals surface area (Å²) in [4.78, 5) is 15.4. The Hall–Kier alpha value is -0.570. The van der Waals surface area contributed by atoms with Crippen LogP contribution in [0.1, 0.15) is 78.1 Å². The third-order valence-corrected chi connectivity index (χ3v) is 6.01. The van der Waals surface area contributed by atoms with Crippen LogP contribution in [0.3, 0.4) is 0 Å². The number of hydrogen-bond donors (Lipinski definition) is 1. The fraction of sp³-hybridized carbons (Fsp3) is 0.941. The van der Waals surface area contributed by atoms with Gasteiger partial charge in [-0.05, 0) is 44.4 Å². The minimum atomic E-state index is -0.185. The van der Waals surface area contributed by atoms with Crippen LogP contribution in [0.2, 0.25) is 0 Å². The molecule has 1 spiro atoms. The van der Waals surface area contributed by atoms with Gasteiger partial charge in [-0.25, -0.2) is 0 Å². The van der Waals surface area contributed by atoms with Crippen molar-refractivity contribution in [2.24, 2.45) is 5.92 Å². The van der Waals surface area contributed by atoms with Crippen LogP contribution in [-0.2, 0) is 4.79 Å². The van der Waals surface area contributed by atoms with Gasteiger partial charge in [0.05, 0.1) is 11.7 Å². The number of rotatable bonds is 4. The van der Waals surface area contributed by atoms with E-state index in [1.165, 1.54) is 38.5 Å². The first kappa shape index (κ1) is 14.4. The molecule has 3 rings (SSSR count). The SMILES string of the molecule is CCC(CC)N1C(=O)C2(CCCC2)NC1C1CCCC1. The van der Waals surface area contributed by atoms with Crippen molar-refractivity contribution in [3.05, 3.63) is 0 Å². The molecule has 1 atom stereocenters. The quantitative estimate of drug-likeness (QED) is 0.854. The second kappa shape index (κ2) is 5.67. The molecule has 2 aliphatic carbocycles. The third-order valence-electron chi connectivity index (χ3n) is 6.01. The van der Waals surface area contributed by atoms with Gasteiger partial charge >= 0.3 is 0 Å². The van der Waals surface area contributed by atoms with Gasteiger partial charge in [0.2, 0.25) is 5.91 Å². The molecule has 1 N–H and O–H groups in total. The van der Waals surface area contributed by atoms with Gasteiger partial charge in [-0.1, -0.05) is 39.5 Å². The van der Waals surface area contributed by atoms with Crippen molar-refractivity contribution in [2.75, 3.05) is 0 Å². The van der Waals surface area contributed by atoms with Crippen LogP contribution in [-0.4, -0.2) is 28.6 Å². The fourth-order valence-corrected chi connectivity index (χ4v) is 4.82. The maximum Gasteiger partial charge on any atom is 0.244 e. The first-order valence-electron chi connectivity index (χ1n) is 8.82. The van der Waals surface area contributed by atoms with Crippen LogP contribution in [0.5, 0.6) is 0 Å². The normalized spacial score (nSPS) is 30.2. The standard InChI is InChI=1S/C17H30N2O/c1-3-14(4-2)19-15(13-9-5-6-10-13)18-17(16(19)20)11-7-8-12-17/h13-15,18H,3-12H2,1-2H3. The minimum Gasteiger partial charge on any atom is -0.322 e. The molecule has 0 radical (unpaired) electrons. The summed E-state index contributed by atoms with van der Waals surface area (Å²) >= 11 is 0. The lowest BCUT2D eigenvalue weighted by Gasteiger charge is -2.34. The van der Waals surface area contributed by atoms with Crippen LogP contribution < -0.4 is 5.32 Å². The number of amides is 1. The van der Waals surface area contributed by atoms with Gasteiger partial charge in [0.25, 0.3) is 0 Å². The summed E-state index contributed by atoms with van der Waals surface area (Å²) in [6.07, 6.45) is 12.4. The predicted molar refractivity (Wildman–Crippen MR) is 81.3 cm³/mol. The van der Waals surface area contributed by atoms with Gasteiger partial charge < -0.3 is 4.90 Å². The van der Waals surface area contributed by atoms with E-state index in [4.69, 9.17) is 0 Å². The molecule has 3 fully saturated rings. The predicted octanol–water partition coefficient (Wildman–Crippen LogP) is 3.44. The monoisotopic (exact) mass is 278 g/mol. The molecule has 1 unspecified atom stereocenters. The number of carbonyl (C=O) groups excluding carboxylic acids is 1. The van der Waals surface area contributed by atoms with E-state index in [0.717, 1.165) is 25.7 Å². The lowest BCUT2D eigenvalue weighted by atomic mass is 9.97. The molecule has 0 aromatic heterocycles. The minimum absolute atomic E-state index is 0.185. The summed E-state index contributed by atoms with van der Waals surface area (Å²) in [5, 5.41) is 3.83.